The third-order valence-corrected chi connectivity index (χ3v) is 2.57. The summed E-state index contributed by atoms with van der Waals surface area (Å²) >= 11 is 0. The topological polar surface area (TPSA) is 52.0 Å². The molecule has 5 heteroatoms. The van der Waals surface area contributed by atoms with E-state index in [1.54, 1.807) is 12.4 Å². The van der Waals surface area contributed by atoms with Gasteiger partial charge in [-0.3, -0.25) is 0 Å². The molecule has 80 valence electrons. The molecule has 0 fully saturated rings. The predicted octanol–water partition coefficient (Wildman–Crippen LogP) is 1.28. The monoisotopic (exact) mass is 216 g/mol. The van der Waals surface area contributed by atoms with Gasteiger partial charge in [-0.05, 0) is 17.4 Å². The van der Waals surface area contributed by atoms with Crippen molar-refractivity contribution < 1.29 is 8.42 Å². The molecule has 0 aliphatic rings. The molecule has 0 N–H and O–H groups in total. The minimum atomic E-state index is -3.23. The van der Waals surface area contributed by atoms with Gasteiger partial charge in [0.15, 0.2) is 0 Å². The van der Waals surface area contributed by atoms with E-state index in [1.165, 1.54) is 0 Å². The number of nitrogens with zero attached hydrogens (tertiary/aromatic N) is 2. The molecule has 1 rings (SSSR count). The summed E-state index contributed by atoms with van der Waals surface area (Å²) in [5.74, 6) is 0. The van der Waals surface area contributed by atoms with E-state index in [4.69, 9.17) is 0 Å². The number of aromatic nitrogens is 2. The lowest BCUT2D eigenvalue weighted by Gasteiger charge is -2.15. The molecule has 1 heterocycles. The average Bonchev–Trinajstić information content (AvgIpc) is 2.29. The van der Waals surface area contributed by atoms with E-state index in [9.17, 15) is 8.42 Å². The first-order valence-electron chi connectivity index (χ1n) is 4.43. The Kier molecular flexibility index (Phi) is 2.71. The Morgan fingerprint density at radius 1 is 1.43 bits per heavy atom. The van der Waals surface area contributed by atoms with E-state index in [-0.39, 0.29) is 5.41 Å². The molecule has 0 bridgehead atoms. The summed E-state index contributed by atoms with van der Waals surface area (Å²) in [5, 5.41) is 3.80. The Morgan fingerprint density at radius 2 is 2.00 bits per heavy atom. The fraction of sp³-hybridized carbons (Fsp3) is 0.667. The fourth-order valence-corrected chi connectivity index (χ4v) is 1.77. The summed E-state index contributed by atoms with van der Waals surface area (Å²) in [7, 11) is -3.23. The summed E-state index contributed by atoms with van der Waals surface area (Å²) in [6, 6.07) is 0. The average molecular weight is 216 g/mol. The molecule has 1 aromatic heterocycles. The van der Waals surface area contributed by atoms with E-state index < -0.39 is 10.0 Å². The van der Waals surface area contributed by atoms with Crippen molar-refractivity contribution in [2.75, 3.05) is 6.26 Å². The van der Waals surface area contributed by atoms with Crippen molar-refractivity contribution in [3.8, 4) is 0 Å². The molecule has 0 amide bonds. The molecule has 0 spiro atoms. The van der Waals surface area contributed by atoms with Gasteiger partial charge in [-0.25, -0.2) is 8.42 Å². The molecular weight excluding hydrogens is 200 g/mol. The third kappa shape index (κ3) is 3.14. The van der Waals surface area contributed by atoms with Crippen molar-refractivity contribution in [3.05, 3.63) is 18.0 Å². The van der Waals surface area contributed by atoms with Gasteiger partial charge in [-0.2, -0.15) is 9.19 Å². The van der Waals surface area contributed by atoms with Crippen LogP contribution in [0.3, 0.4) is 0 Å². The molecule has 1 aromatic rings. The molecule has 0 radical (unpaired) electrons. The zero-order valence-electron chi connectivity index (χ0n) is 8.98. The van der Waals surface area contributed by atoms with Gasteiger partial charge in [0.05, 0.1) is 12.5 Å². The summed E-state index contributed by atoms with van der Waals surface area (Å²) < 4.78 is 23.2. The van der Waals surface area contributed by atoms with Crippen molar-refractivity contribution in [2.45, 2.75) is 27.2 Å². The molecule has 0 aromatic carbocycles. The first-order valence-corrected chi connectivity index (χ1v) is 6.27. The standard InChI is InChI=1S/C9H16N2O2S/c1-9(2,3)5-8-6-10-11(7-8)14(4,12)13/h6-7H,5H2,1-4H3. The van der Waals surface area contributed by atoms with Gasteiger partial charge in [-0.1, -0.05) is 20.8 Å². The second-order valence-corrected chi connectivity index (χ2v) is 6.56. The molecule has 4 nitrogen and oxygen atoms in total. The SMILES string of the molecule is CC(C)(C)Cc1cnn(S(C)(=O)=O)c1. The Hall–Kier alpha value is -0.840. The minimum Gasteiger partial charge on any atom is -0.205 e. The molecule has 0 aliphatic carbocycles. The lowest BCUT2D eigenvalue weighted by Crippen LogP contribution is -2.11. The lowest BCUT2D eigenvalue weighted by atomic mass is 9.89. The second-order valence-electron chi connectivity index (χ2n) is 4.72. The quantitative estimate of drug-likeness (QED) is 0.748. The van der Waals surface area contributed by atoms with Crippen LogP contribution in [0.2, 0.25) is 0 Å². The fourth-order valence-electron chi connectivity index (χ4n) is 1.22. The highest BCUT2D eigenvalue weighted by Gasteiger charge is 2.14. The molecule has 0 saturated carbocycles. The summed E-state index contributed by atoms with van der Waals surface area (Å²) in [5.41, 5.74) is 1.09. The van der Waals surface area contributed by atoms with Crippen LogP contribution in [0.25, 0.3) is 0 Å². The third-order valence-electron chi connectivity index (χ3n) is 1.69. The molecule has 14 heavy (non-hydrogen) atoms. The van der Waals surface area contributed by atoms with Gasteiger partial charge >= 0.3 is 0 Å². The largest absolute Gasteiger partial charge is 0.250 e. The van der Waals surface area contributed by atoms with Crippen molar-refractivity contribution >= 4 is 10.0 Å². The van der Waals surface area contributed by atoms with E-state index in [0.717, 1.165) is 22.3 Å². The van der Waals surface area contributed by atoms with Crippen molar-refractivity contribution in [2.24, 2.45) is 5.41 Å². The number of hydrogen-bond acceptors (Lipinski definition) is 3. The molecule has 0 atom stereocenters. The zero-order valence-corrected chi connectivity index (χ0v) is 9.80. The lowest BCUT2D eigenvalue weighted by molar-refractivity contribution is 0.411. The Balaban J connectivity index is 2.90. The van der Waals surface area contributed by atoms with Crippen LogP contribution in [0.5, 0.6) is 0 Å². The zero-order chi connectivity index (χ0) is 11.0. The van der Waals surface area contributed by atoms with Gasteiger partial charge in [0.2, 0.25) is 0 Å². The van der Waals surface area contributed by atoms with Crippen molar-refractivity contribution in [1.29, 1.82) is 0 Å². The van der Waals surface area contributed by atoms with Crippen molar-refractivity contribution in [3.63, 3.8) is 0 Å². The van der Waals surface area contributed by atoms with E-state index in [2.05, 4.69) is 25.9 Å². The van der Waals surface area contributed by atoms with Crippen LogP contribution in [-0.2, 0) is 16.4 Å². The smallest absolute Gasteiger partial charge is 0.205 e. The van der Waals surface area contributed by atoms with Crippen LogP contribution in [0.15, 0.2) is 12.4 Å². The molecule has 0 saturated heterocycles. The van der Waals surface area contributed by atoms with Crippen LogP contribution in [0, 0.1) is 5.41 Å². The molecule has 0 aliphatic heterocycles. The Morgan fingerprint density at radius 3 is 2.36 bits per heavy atom. The highest BCUT2D eigenvalue weighted by molar-refractivity contribution is 7.89. The Labute approximate surface area is 85.0 Å². The maximum atomic E-state index is 11.1. The van der Waals surface area contributed by atoms with Gasteiger partial charge < -0.3 is 0 Å². The van der Waals surface area contributed by atoms with Crippen LogP contribution < -0.4 is 0 Å². The summed E-state index contributed by atoms with van der Waals surface area (Å²) in [6.45, 7) is 6.31. The van der Waals surface area contributed by atoms with Crippen LogP contribution in [0.1, 0.15) is 26.3 Å². The number of rotatable bonds is 2. The maximum Gasteiger partial charge on any atom is 0.250 e. The normalized spacial score (nSPS) is 13.1. The van der Waals surface area contributed by atoms with Crippen LogP contribution in [0.4, 0.5) is 0 Å². The highest BCUT2D eigenvalue weighted by atomic mass is 32.2. The van der Waals surface area contributed by atoms with Gasteiger partial charge in [-0.15, -0.1) is 0 Å². The first kappa shape index (κ1) is 11.2. The maximum absolute atomic E-state index is 11.1. The Bertz CT molecular complexity index is 412. The molecule has 0 unspecified atom stereocenters. The summed E-state index contributed by atoms with van der Waals surface area (Å²) in [4.78, 5) is 0. The van der Waals surface area contributed by atoms with Crippen LogP contribution >= 0.6 is 0 Å². The number of hydrogen-bond donors (Lipinski definition) is 0. The van der Waals surface area contributed by atoms with Gasteiger partial charge in [0.25, 0.3) is 10.0 Å². The van der Waals surface area contributed by atoms with Crippen molar-refractivity contribution in [1.82, 2.24) is 9.19 Å². The van der Waals surface area contributed by atoms with Gasteiger partial charge in [0, 0.05) is 6.20 Å². The second kappa shape index (κ2) is 3.38. The van der Waals surface area contributed by atoms with E-state index >= 15 is 0 Å². The first-order chi connectivity index (χ1) is 6.18. The predicted molar refractivity (Wildman–Crippen MR) is 55.6 cm³/mol. The van der Waals surface area contributed by atoms with Crippen LogP contribution in [-0.4, -0.2) is 23.9 Å². The van der Waals surface area contributed by atoms with Gasteiger partial charge in [0.1, 0.15) is 0 Å². The molecular formula is C9H16N2O2S. The van der Waals surface area contributed by atoms with E-state index in [0.29, 0.717) is 0 Å². The minimum absolute atomic E-state index is 0.144. The van der Waals surface area contributed by atoms with E-state index in [1.807, 2.05) is 0 Å². The summed E-state index contributed by atoms with van der Waals surface area (Å²) in [6.07, 6.45) is 5.14. The highest BCUT2D eigenvalue weighted by Crippen LogP contribution is 2.19.